The van der Waals surface area contributed by atoms with Crippen molar-refractivity contribution in [3.8, 4) is 0 Å². The molecule has 1 aliphatic carbocycles. The Labute approximate surface area is 98.0 Å². The summed E-state index contributed by atoms with van der Waals surface area (Å²) >= 11 is 0. The van der Waals surface area contributed by atoms with Gasteiger partial charge in [0.15, 0.2) is 18.1 Å². The van der Waals surface area contributed by atoms with Gasteiger partial charge in [-0.3, -0.25) is 4.79 Å². The van der Waals surface area contributed by atoms with E-state index in [0.717, 1.165) is 0 Å². The maximum atomic E-state index is 10.8. The largest absolute Gasteiger partial charge is 0.493 e. The van der Waals surface area contributed by atoms with Crippen LogP contribution in [0.4, 0.5) is 0 Å². The lowest BCUT2D eigenvalue weighted by Gasteiger charge is -2.08. The Morgan fingerprint density at radius 2 is 2.18 bits per heavy atom. The number of rotatable bonds is 5. The summed E-state index contributed by atoms with van der Waals surface area (Å²) in [5.74, 6) is -1.12. The number of carboxylic acid groups (broad SMARTS) is 1. The Hall–Kier alpha value is -2.24. The third kappa shape index (κ3) is 3.67. The summed E-state index contributed by atoms with van der Waals surface area (Å²) < 4.78 is 10.1. The van der Waals surface area contributed by atoms with Gasteiger partial charge in [0.1, 0.15) is 0 Å². The number of methoxy groups -OCH3 is 1. The normalized spacial score (nSPS) is 15.0. The van der Waals surface area contributed by atoms with E-state index in [1.807, 2.05) is 0 Å². The number of aliphatic carboxylic acids is 1. The van der Waals surface area contributed by atoms with E-state index in [1.165, 1.54) is 13.2 Å². The molecule has 0 aliphatic heterocycles. The highest BCUT2D eigenvalue weighted by Gasteiger charge is 2.14. The molecule has 3 N–H and O–H groups in total. The van der Waals surface area contributed by atoms with E-state index in [2.05, 4.69) is 0 Å². The van der Waals surface area contributed by atoms with Gasteiger partial charge in [0.2, 0.25) is 0 Å². The minimum Gasteiger partial charge on any atom is -0.493 e. The first kappa shape index (κ1) is 12.8. The zero-order chi connectivity index (χ0) is 12.8. The number of primary amides is 1. The van der Waals surface area contributed by atoms with Crippen molar-refractivity contribution in [3.05, 3.63) is 35.3 Å². The summed E-state index contributed by atoms with van der Waals surface area (Å²) in [4.78, 5) is 21.4. The number of carbonyl (C=O) groups is 2. The van der Waals surface area contributed by atoms with Gasteiger partial charge in [-0.15, -0.1) is 0 Å². The van der Waals surface area contributed by atoms with Crippen LogP contribution in [-0.4, -0.2) is 30.7 Å². The van der Waals surface area contributed by atoms with Gasteiger partial charge < -0.3 is 20.3 Å². The number of nitrogens with two attached hydrogens (primary N) is 1. The van der Waals surface area contributed by atoms with Crippen molar-refractivity contribution in [3.63, 3.8) is 0 Å². The van der Waals surface area contributed by atoms with Gasteiger partial charge in [0.25, 0.3) is 5.91 Å². The van der Waals surface area contributed by atoms with Crippen molar-refractivity contribution in [2.75, 3.05) is 13.7 Å². The molecule has 1 aliphatic rings. The average Bonchev–Trinajstić information content (AvgIpc) is 2.47. The first-order valence-electron chi connectivity index (χ1n) is 4.84. The van der Waals surface area contributed by atoms with Crippen molar-refractivity contribution >= 4 is 11.9 Å². The average molecular weight is 239 g/mol. The standard InChI is InChI=1S/C11H13NO5/c1-16-9-5-7(11(14)15)3-2-4-8(9)17-6-10(12)13/h2,4-5H,3,6H2,1H3,(H2,12,13)(H,14,15). The van der Waals surface area contributed by atoms with Crippen molar-refractivity contribution in [1.82, 2.24) is 0 Å². The fourth-order valence-electron chi connectivity index (χ4n) is 1.24. The molecule has 0 saturated heterocycles. The molecule has 0 aromatic rings. The molecule has 6 heteroatoms. The van der Waals surface area contributed by atoms with Gasteiger partial charge in [-0.25, -0.2) is 4.79 Å². The molecule has 0 bridgehead atoms. The lowest BCUT2D eigenvalue weighted by molar-refractivity contribution is -0.132. The van der Waals surface area contributed by atoms with E-state index >= 15 is 0 Å². The van der Waals surface area contributed by atoms with Crippen LogP contribution in [0, 0.1) is 0 Å². The molecule has 0 spiro atoms. The molecule has 0 unspecified atom stereocenters. The van der Waals surface area contributed by atoms with E-state index in [-0.39, 0.29) is 30.1 Å². The monoisotopic (exact) mass is 239 g/mol. The summed E-state index contributed by atoms with van der Waals surface area (Å²) in [6.45, 7) is -0.289. The maximum absolute atomic E-state index is 10.8. The Balaban J connectivity index is 2.97. The molecular weight excluding hydrogens is 226 g/mol. The van der Waals surface area contributed by atoms with Crippen LogP contribution in [0.2, 0.25) is 0 Å². The molecule has 0 heterocycles. The SMILES string of the molecule is COC1=C(OCC(N)=O)C=CCC(C(=O)O)=C1. The highest BCUT2D eigenvalue weighted by molar-refractivity contribution is 5.87. The summed E-state index contributed by atoms with van der Waals surface area (Å²) in [6, 6.07) is 0. The first-order chi connectivity index (χ1) is 8.04. The smallest absolute Gasteiger partial charge is 0.332 e. The van der Waals surface area contributed by atoms with Crippen LogP contribution in [-0.2, 0) is 19.1 Å². The number of carbonyl (C=O) groups excluding carboxylic acids is 1. The quantitative estimate of drug-likeness (QED) is 0.719. The van der Waals surface area contributed by atoms with E-state index in [9.17, 15) is 9.59 Å². The van der Waals surface area contributed by atoms with Crippen molar-refractivity contribution < 1.29 is 24.2 Å². The number of allylic oxidation sites excluding steroid dienone is 3. The van der Waals surface area contributed by atoms with Gasteiger partial charge in [0, 0.05) is 5.57 Å². The Morgan fingerprint density at radius 1 is 1.47 bits per heavy atom. The minimum absolute atomic E-state index is 0.177. The van der Waals surface area contributed by atoms with Gasteiger partial charge in [-0.2, -0.15) is 0 Å². The second-order valence-corrected chi connectivity index (χ2v) is 3.27. The van der Waals surface area contributed by atoms with Crippen LogP contribution in [0.5, 0.6) is 0 Å². The van der Waals surface area contributed by atoms with Gasteiger partial charge in [0.05, 0.1) is 7.11 Å². The Kier molecular flexibility index (Phi) is 4.33. The Morgan fingerprint density at radius 3 is 2.71 bits per heavy atom. The predicted molar refractivity (Wildman–Crippen MR) is 58.7 cm³/mol. The summed E-state index contributed by atoms with van der Waals surface area (Å²) in [6.07, 6.45) is 4.78. The Bertz CT molecular complexity index is 420. The van der Waals surface area contributed by atoms with Crippen LogP contribution in [0.25, 0.3) is 0 Å². The first-order valence-corrected chi connectivity index (χ1v) is 4.84. The summed E-state index contributed by atoms with van der Waals surface area (Å²) in [5.41, 5.74) is 5.13. The van der Waals surface area contributed by atoms with Crippen LogP contribution in [0.15, 0.2) is 35.3 Å². The van der Waals surface area contributed by atoms with E-state index < -0.39 is 11.9 Å². The molecular formula is C11H13NO5. The maximum Gasteiger partial charge on any atom is 0.332 e. The zero-order valence-corrected chi connectivity index (χ0v) is 9.30. The fourth-order valence-corrected chi connectivity index (χ4v) is 1.24. The second kappa shape index (κ2) is 5.74. The van der Waals surface area contributed by atoms with Gasteiger partial charge in [-0.05, 0) is 18.6 Å². The molecule has 0 atom stereocenters. The second-order valence-electron chi connectivity index (χ2n) is 3.27. The predicted octanol–water partition coefficient (Wildman–Crippen LogP) is 0.317. The number of hydrogen-bond donors (Lipinski definition) is 2. The molecule has 92 valence electrons. The molecule has 1 rings (SSSR count). The lowest BCUT2D eigenvalue weighted by atomic mass is 10.2. The van der Waals surface area contributed by atoms with Crippen LogP contribution in [0.3, 0.4) is 0 Å². The topological polar surface area (TPSA) is 98.9 Å². The number of hydrogen-bond acceptors (Lipinski definition) is 4. The molecule has 0 aromatic carbocycles. The molecule has 0 radical (unpaired) electrons. The number of carboxylic acids is 1. The molecule has 1 amide bonds. The van der Waals surface area contributed by atoms with Gasteiger partial charge in [-0.1, -0.05) is 6.08 Å². The summed E-state index contributed by atoms with van der Waals surface area (Å²) in [5, 5.41) is 8.89. The highest BCUT2D eigenvalue weighted by atomic mass is 16.5. The highest BCUT2D eigenvalue weighted by Crippen LogP contribution is 2.19. The lowest BCUT2D eigenvalue weighted by Crippen LogP contribution is -2.18. The van der Waals surface area contributed by atoms with Crippen LogP contribution < -0.4 is 5.73 Å². The summed E-state index contributed by atoms with van der Waals surface area (Å²) in [7, 11) is 1.39. The van der Waals surface area contributed by atoms with E-state index in [1.54, 1.807) is 12.2 Å². The molecule has 0 saturated carbocycles. The number of amides is 1. The van der Waals surface area contributed by atoms with E-state index in [0.29, 0.717) is 0 Å². The third-order valence-electron chi connectivity index (χ3n) is 2.02. The van der Waals surface area contributed by atoms with E-state index in [4.69, 9.17) is 20.3 Å². The van der Waals surface area contributed by atoms with Crippen LogP contribution in [0.1, 0.15) is 6.42 Å². The molecule has 0 aromatic heterocycles. The van der Waals surface area contributed by atoms with Gasteiger partial charge >= 0.3 is 5.97 Å². The van der Waals surface area contributed by atoms with Crippen molar-refractivity contribution in [1.29, 1.82) is 0 Å². The third-order valence-corrected chi connectivity index (χ3v) is 2.02. The number of ether oxygens (including phenoxy) is 2. The van der Waals surface area contributed by atoms with Crippen LogP contribution >= 0.6 is 0 Å². The molecule has 17 heavy (non-hydrogen) atoms. The zero-order valence-electron chi connectivity index (χ0n) is 9.30. The molecule has 6 nitrogen and oxygen atoms in total. The van der Waals surface area contributed by atoms with Crippen molar-refractivity contribution in [2.24, 2.45) is 5.73 Å². The molecule has 0 fully saturated rings. The fraction of sp³-hybridized carbons (Fsp3) is 0.273. The van der Waals surface area contributed by atoms with Crippen molar-refractivity contribution in [2.45, 2.75) is 6.42 Å². The minimum atomic E-state index is -1.03.